The largest absolute Gasteiger partial charge is 0.493 e. The Morgan fingerprint density at radius 2 is 1.96 bits per heavy atom. The van der Waals surface area contributed by atoms with Gasteiger partial charge in [0, 0.05) is 23.4 Å². The summed E-state index contributed by atoms with van der Waals surface area (Å²) in [6.07, 6.45) is 4.95. The van der Waals surface area contributed by atoms with Crippen molar-refractivity contribution in [1.29, 1.82) is 0 Å². The molecule has 4 nitrogen and oxygen atoms in total. The van der Waals surface area contributed by atoms with Gasteiger partial charge in [-0.3, -0.25) is 0 Å². The Morgan fingerprint density at radius 1 is 1.21 bits per heavy atom. The number of hydrogen-bond donors (Lipinski definition) is 1. The molecule has 0 radical (unpaired) electrons. The van der Waals surface area contributed by atoms with Crippen LogP contribution in [0, 0.1) is 22.7 Å². The van der Waals surface area contributed by atoms with Crippen LogP contribution in [0.1, 0.15) is 47.0 Å². The zero-order chi connectivity index (χ0) is 20.1. The van der Waals surface area contributed by atoms with Crippen molar-refractivity contribution in [1.82, 2.24) is 0 Å². The van der Waals surface area contributed by atoms with Crippen LogP contribution < -0.4 is 10.4 Å². The average molecular weight is 383 g/mol. The summed E-state index contributed by atoms with van der Waals surface area (Å²) in [7, 11) is 0. The van der Waals surface area contributed by atoms with E-state index in [0.717, 1.165) is 30.4 Å². The molecule has 1 saturated carbocycles. The fraction of sp³-hybridized carbons (Fsp3) is 0.542. The molecular formula is C24H30O4. The minimum Gasteiger partial charge on any atom is -0.493 e. The van der Waals surface area contributed by atoms with Gasteiger partial charge in [0.1, 0.15) is 11.3 Å². The molecule has 4 heteroatoms. The van der Waals surface area contributed by atoms with Crippen LogP contribution in [0.3, 0.4) is 0 Å². The van der Waals surface area contributed by atoms with Crippen molar-refractivity contribution in [2.24, 2.45) is 22.7 Å². The average Bonchev–Trinajstić information content (AvgIpc) is 2.64. The van der Waals surface area contributed by atoms with E-state index in [9.17, 15) is 9.90 Å². The molecule has 0 unspecified atom stereocenters. The molecule has 0 spiro atoms. The number of aliphatic hydroxyl groups is 1. The first-order chi connectivity index (χ1) is 13.2. The fourth-order valence-electron chi connectivity index (χ4n) is 5.66. The van der Waals surface area contributed by atoms with Gasteiger partial charge < -0.3 is 14.3 Å². The van der Waals surface area contributed by atoms with E-state index in [1.54, 1.807) is 12.1 Å². The Balaban J connectivity index is 1.59. The molecule has 0 aliphatic heterocycles. The first kappa shape index (κ1) is 19.3. The van der Waals surface area contributed by atoms with Gasteiger partial charge in [0.25, 0.3) is 0 Å². The van der Waals surface area contributed by atoms with Gasteiger partial charge in [-0.15, -0.1) is 0 Å². The van der Waals surface area contributed by atoms with Crippen molar-refractivity contribution in [2.75, 3.05) is 6.61 Å². The Bertz CT molecular complexity index is 970. The predicted molar refractivity (Wildman–Crippen MR) is 110 cm³/mol. The van der Waals surface area contributed by atoms with Crippen LogP contribution in [0.5, 0.6) is 5.75 Å². The van der Waals surface area contributed by atoms with E-state index in [0.29, 0.717) is 24.0 Å². The monoisotopic (exact) mass is 382 g/mol. The van der Waals surface area contributed by atoms with E-state index < -0.39 is 0 Å². The predicted octanol–water partition coefficient (Wildman–Crippen LogP) is 4.94. The van der Waals surface area contributed by atoms with Crippen LogP contribution in [0.25, 0.3) is 11.0 Å². The number of allylic oxidation sites excluding steroid dienone is 1. The van der Waals surface area contributed by atoms with Crippen LogP contribution in [0.15, 0.2) is 51.2 Å². The van der Waals surface area contributed by atoms with Crippen molar-refractivity contribution in [3.63, 3.8) is 0 Å². The van der Waals surface area contributed by atoms with E-state index >= 15 is 0 Å². The molecule has 1 N–H and O–H groups in total. The Kier molecular flexibility index (Phi) is 4.65. The SMILES string of the molecule is CC1=CC[C@H]2C(C)(C)[C@@H](O)CC[C@@]2(C)[C@@H]1COc1ccc2ccc(=O)oc2c1. The summed E-state index contributed by atoms with van der Waals surface area (Å²) in [5.41, 5.74) is 1.57. The molecule has 28 heavy (non-hydrogen) atoms. The second-order valence-corrected chi connectivity index (χ2v) is 9.44. The molecular weight excluding hydrogens is 352 g/mol. The second kappa shape index (κ2) is 6.77. The normalized spacial score (nSPS) is 31.9. The van der Waals surface area contributed by atoms with Gasteiger partial charge in [-0.25, -0.2) is 4.79 Å². The summed E-state index contributed by atoms with van der Waals surface area (Å²) >= 11 is 0. The highest BCUT2D eigenvalue weighted by Gasteiger charge is 2.55. The van der Waals surface area contributed by atoms with E-state index in [4.69, 9.17) is 9.15 Å². The summed E-state index contributed by atoms with van der Waals surface area (Å²) in [5, 5.41) is 11.5. The van der Waals surface area contributed by atoms with Crippen LogP contribution in [0.4, 0.5) is 0 Å². The zero-order valence-corrected chi connectivity index (χ0v) is 17.2. The third-order valence-corrected chi connectivity index (χ3v) is 7.54. The molecule has 1 heterocycles. The maximum absolute atomic E-state index is 11.5. The summed E-state index contributed by atoms with van der Waals surface area (Å²) < 4.78 is 11.5. The number of benzene rings is 1. The Morgan fingerprint density at radius 3 is 2.75 bits per heavy atom. The smallest absolute Gasteiger partial charge is 0.336 e. The van der Waals surface area contributed by atoms with Crippen molar-refractivity contribution < 1.29 is 14.3 Å². The molecule has 1 aromatic carbocycles. The quantitative estimate of drug-likeness (QED) is 0.603. The van der Waals surface area contributed by atoms with Crippen LogP contribution in [-0.2, 0) is 0 Å². The molecule has 0 amide bonds. The zero-order valence-electron chi connectivity index (χ0n) is 17.2. The molecule has 2 aliphatic rings. The van der Waals surface area contributed by atoms with Crippen molar-refractivity contribution in [3.05, 3.63) is 52.4 Å². The number of aliphatic hydroxyl groups excluding tert-OH is 1. The molecule has 2 aromatic rings. The molecule has 1 fully saturated rings. The standard InChI is InChI=1S/C24H30O4/c1-15-5-9-20-23(2,3)21(25)11-12-24(20,4)18(15)14-27-17-8-6-16-7-10-22(26)28-19(16)13-17/h5-8,10,13,18,20-21,25H,9,11-12,14H2,1-4H3/t18-,20+,21+,24+/m1/s1. The molecule has 2 aliphatic carbocycles. The maximum atomic E-state index is 11.5. The van der Waals surface area contributed by atoms with E-state index in [1.165, 1.54) is 11.6 Å². The third-order valence-electron chi connectivity index (χ3n) is 7.54. The van der Waals surface area contributed by atoms with Crippen LogP contribution >= 0.6 is 0 Å². The minimum absolute atomic E-state index is 0.102. The number of hydrogen-bond acceptors (Lipinski definition) is 4. The Hall–Kier alpha value is -2.07. The van der Waals surface area contributed by atoms with Gasteiger partial charge in [0.2, 0.25) is 0 Å². The lowest BCUT2D eigenvalue weighted by Crippen LogP contribution is -2.55. The van der Waals surface area contributed by atoms with Gasteiger partial charge in [-0.2, -0.15) is 0 Å². The highest BCUT2D eigenvalue weighted by Crippen LogP contribution is 2.59. The molecule has 0 saturated heterocycles. The maximum Gasteiger partial charge on any atom is 0.336 e. The van der Waals surface area contributed by atoms with E-state index in [1.807, 2.05) is 12.1 Å². The number of ether oxygens (including phenoxy) is 1. The summed E-state index contributed by atoms with van der Waals surface area (Å²) in [4.78, 5) is 11.5. The first-order valence-electron chi connectivity index (χ1n) is 10.2. The van der Waals surface area contributed by atoms with Gasteiger partial charge in [-0.05, 0) is 61.1 Å². The van der Waals surface area contributed by atoms with Crippen molar-refractivity contribution in [2.45, 2.75) is 53.1 Å². The van der Waals surface area contributed by atoms with Crippen molar-refractivity contribution >= 4 is 11.0 Å². The highest BCUT2D eigenvalue weighted by atomic mass is 16.5. The molecule has 4 rings (SSSR count). The van der Waals surface area contributed by atoms with E-state index in [-0.39, 0.29) is 22.6 Å². The molecule has 150 valence electrons. The van der Waals surface area contributed by atoms with Gasteiger partial charge >= 0.3 is 5.63 Å². The third kappa shape index (κ3) is 3.08. The van der Waals surface area contributed by atoms with Gasteiger partial charge in [0.15, 0.2) is 0 Å². The summed E-state index contributed by atoms with van der Waals surface area (Å²) in [6, 6.07) is 8.84. The topological polar surface area (TPSA) is 59.7 Å². The highest BCUT2D eigenvalue weighted by molar-refractivity contribution is 5.77. The number of fused-ring (bicyclic) bond motifs is 2. The van der Waals surface area contributed by atoms with Gasteiger partial charge in [-0.1, -0.05) is 32.4 Å². The van der Waals surface area contributed by atoms with Gasteiger partial charge in [0.05, 0.1) is 12.7 Å². The lowest BCUT2D eigenvalue weighted by atomic mass is 9.48. The molecule has 0 bridgehead atoms. The fourth-order valence-corrected chi connectivity index (χ4v) is 5.66. The van der Waals surface area contributed by atoms with Crippen molar-refractivity contribution in [3.8, 4) is 5.75 Å². The lowest BCUT2D eigenvalue weighted by Gasteiger charge is -2.58. The molecule has 1 aromatic heterocycles. The minimum atomic E-state index is -0.353. The van der Waals surface area contributed by atoms with Crippen LogP contribution in [-0.4, -0.2) is 17.8 Å². The second-order valence-electron chi connectivity index (χ2n) is 9.44. The van der Waals surface area contributed by atoms with Crippen LogP contribution in [0.2, 0.25) is 0 Å². The summed E-state index contributed by atoms with van der Waals surface area (Å²) in [6.45, 7) is 9.57. The Labute approximate surface area is 166 Å². The summed E-state index contributed by atoms with van der Waals surface area (Å²) in [5.74, 6) is 1.45. The van der Waals surface area contributed by atoms with E-state index in [2.05, 4.69) is 33.8 Å². The molecule has 4 atom stereocenters. The number of rotatable bonds is 3. The lowest BCUT2D eigenvalue weighted by molar-refractivity contribution is -0.119. The first-order valence-corrected chi connectivity index (χ1v) is 10.2.